The first-order valence-electron chi connectivity index (χ1n) is 6.91. The molecule has 1 aromatic carbocycles. The summed E-state index contributed by atoms with van der Waals surface area (Å²) in [5, 5.41) is 7.84. The molecule has 0 aliphatic carbocycles. The van der Waals surface area contributed by atoms with Crippen LogP contribution in [0.3, 0.4) is 0 Å². The molecule has 4 aromatic rings. The topological polar surface area (TPSA) is 59.4 Å². The first-order chi connectivity index (χ1) is 11.3. The minimum atomic E-state index is -4.52. The molecule has 1 N–H and O–H groups in total. The van der Waals surface area contributed by atoms with Crippen LogP contribution in [0.15, 0.2) is 30.5 Å². The minimum Gasteiger partial charge on any atom is -0.281 e. The molecule has 0 unspecified atom stereocenters. The Morgan fingerprint density at radius 2 is 1.96 bits per heavy atom. The fraction of sp³-hybridized carbons (Fsp3) is 0.133. The van der Waals surface area contributed by atoms with Gasteiger partial charge in [0.25, 0.3) is 0 Å². The van der Waals surface area contributed by atoms with Crippen molar-refractivity contribution in [3.63, 3.8) is 0 Å². The number of halogens is 4. The highest BCUT2D eigenvalue weighted by molar-refractivity contribution is 6.35. The molecule has 0 aliphatic rings. The van der Waals surface area contributed by atoms with Crippen molar-refractivity contribution in [3.05, 3.63) is 47.0 Å². The number of pyridine rings is 1. The average molecular weight is 352 g/mol. The van der Waals surface area contributed by atoms with Gasteiger partial charge in [-0.25, -0.2) is 9.97 Å². The van der Waals surface area contributed by atoms with E-state index in [1.807, 2.05) is 0 Å². The maximum absolute atomic E-state index is 13.0. The number of benzene rings is 1. The molecule has 122 valence electrons. The van der Waals surface area contributed by atoms with E-state index in [0.29, 0.717) is 27.6 Å². The Kier molecular flexibility index (Phi) is 3.08. The van der Waals surface area contributed by atoms with Crippen LogP contribution in [-0.4, -0.2) is 24.7 Å². The maximum Gasteiger partial charge on any atom is 0.433 e. The predicted octanol–water partition coefficient (Wildman–Crippen LogP) is 4.28. The summed E-state index contributed by atoms with van der Waals surface area (Å²) in [4.78, 5) is 8.03. The molecule has 0 bridgehead atoms. The second-order valence-electron chi connectivity index (χ2n) is 5.29. The van der Waals surface area contributed by atoms with Crippen molar-refractivity contribution >= 4 is 33.7 Å². The minimum absolute atomic E-state index is 0.126. The summed E-state index contributed by atoms with van der Waals surface area (Å²) in [6.07, 6.45) is -2.93. The molecule has 3 aromatic heterocycles. The fourth-order valence-electron chi connectivity index (χ4n) is 2.67. The molecular weight excluding hydrogens is 343 g/mol. The zero-order valence-electron chi connectivity index (χ0n) is 12.2. The third-order valence-electron chi connectivity index (χ3n) is 3.71. The number of imidazole rings is 1. The van der Waals surface area contributed by atoms with Crippen LogP contribution in [0.1, 0.15) is 11.5 Å². The third kappa shape index (κ3) is 2.22. The van der Waals surface area contributed by atoms with Crippen molar-refractivity contribution < 1.29 is 13.2 Å². The number of fused-ring (bicyclic) bond motifs is 2. The number of H-pyrrole nitrogens is 1. The molecule has 0 radical (unpaired) electrons. The van der Waals surface area contributed by atoms with Gasteiger partial charge in [0.05, 0.1) is 22.4 Å². The summed E-state index contributed by atoms with van der Waals surface area (Å²) in [5.41, 5.74) is 0.768. The lowest BCUT2D eigenvalue weighted by atomic mass is 10.2. The van der Waals surface area contributed by atoms with Gasteiger partial charge >= 0.3 is 6.18 Å². The Bertz CT molecular complexity index is 1080. The fourth-order valence-corrected chi connectivity index (χ4v) is 2.93. The molecule has 9 heteroatoms. The summed E-state index contributed by atoms with van der Waals surface area (Å²) in [6, 6.07) is 5.64. The Balaban J connectivity index is 2.02. The SMILES string of the molecule is Cc1nc2ccc(C(F)(F)F)nc2n1-c1cc(Cl)c2[nH]ncc2c1. The lowest BCUT2D eigenvalue weighted by Gasteiger charge is -2.09. The van der Waals surface area contributed by atoms with Crippen LogP contribution in [0.2, 0.25) is 5.02 Å². The van der Waals surface area contributed by atoms with Crippen LogP contribution in [0.5, 0.6) is 0 Å². The Morgan fingerprint density at radius 1 is 1.17 bits per heavy atom. The summed E-state index contributed by atoms with van der Waals surface area (Å²) in [6.45, 7) is 1.70. The van der Waals surface area contributed by atoms with Gasteiger partial charge in [0.15, 0.2) is 5.65 Å². The Hall–Kier alpha value is -2.61. The van der Waals surface area contributed by atoms with E-state index in [4.69, 9.17) is 11.6 Å². The number of aryl methyl sites for hydroxylation is 1. The van der Waals surface area contributed by atoms with Crippen LogP contribution in [0.4, 0.5) is 13.2 Å². The summed E-state index contributed by atoms with van der Waals surface area (Å²) in [7, 11) is 0. The van der Waals surface area contributed by atoms with Crippen molar-refractivity contribution in [2.75, 3.05) is 0 Å². The number of rotatable bonds is 1. The third-order valence-corrected chi connectivity index (χ3v) is 4.00. The van der Waals surface area contributed by atoms with Gasteiger partial charge in [-0.05, 0) is 31.2 Å². The zero-order chi connectivity index (χ0) is 17.1. The number of hydrogen-bond donors (Lipinski definition) is 1. The molecular formula is C15H9ClF3N5. The molecule has 0 saturated heterocycles. The highest BCUT2D eigenvalue weighted by Gasteiger charge is 2.33. The molecule has 0 fully saturated rings. The number of alkyl halides is 3. The van der Waals surface area contributed by atoms with E-state index >= 15 is 0 Å². The molecule has 4 rings (SSSR count). The van der Waals surface area contributed by atoms with Gasteiger partial charge in [-0.3, -0.25) is 9.67 Å². The van der Waals surface area contributed by atoms with E-state index < -0.39 is 11.9 Å². The molecule has 0 amide bonds. The van der Waals surface area contributed by atoms with Crippen molar-refractivity contribution in [3.8, 4) is 5.69 Å². The zero-order valence-corrected chi connectivity index (χ0v) is 12.9. The molecule has 0 atom stereocenters. The first kappa shape index (κ1) is 14.9. The quantitative estimate of drug-likeness (QED) is 0.557. The summed E-state index contributed by atoms with van der Waals surface area (Å²) in [5.74, 6) is 0.510. The number of nitrogens with zero attached hydrogens (tertiary/aromatic N) is 4. The highest BCUT2D eigenvalue weighted by Crippen LogP contribution is 2.31. The largest absolute Gasteiger partial charge is 0.433 e. The average Bonchev–Trinajstić information content (AvgIpc) is 3.08. The maximum atomic E-state index is 13.0. The van der Waals surface area contributed by atoms with E-state index in [-0.39, 0.29) is 5.65 Å². The number of aromatic nitrogens is 5. The standard InChI is InChI=1S/C15H9ClF3N5/c1-7-21-11-2-3-12(15(17,18)19)22-14(11)24(7)9-4-8-6-20-23-13(8)10(16)5-9/h2-6H,1H3,(H,20,23). The number of nitrogens with one attached hydrogen (secondary N) is 1. The normalized spacial score (nSPS) is 12.4. The number of aromatic amines is 1. The van der Waals surface area contributed by atoms with Crippen LogP contribution in [0, 0.1) is 6.92 Å². The van der Waals surface area contributed by atoms with Crippen LogP contribution >= 0.6 is 11.6 Å². The Labute approximate surface area is 138 Å². The lowest BCUT2D eigenvalue weighted by molar-refractivity contribution is -0.141. The van der Waals surface area contributed by atoms with Gasteiger partial charge in [0.1, 0.15) is 17.0 Å². The van der Waals surface area contributed by atoms with Crippen molar-refractivity contribution in [2.45, 2.75) is 13.1 Å². The van der Waals surface area contributed by atoms with E-state index in [9.17, 15) is 13.2 Å². The first-order valence-corrected chi connectivity index (χ1v) is 7.29. The molecule has 0 aliphatic heterocycles. The second-order valence-corrected chi connectivity index (χ2v) is 5.70. The number of hydrogen-bond acceptors (Lipinski definition) is 3. The second kappa shape index (κ2) is 4.94. The van der Waals surface area contributed by atoms with E-state index in [1.165, 1.54) is 6.07 Å². The molecule has 3 heterocycles. The van der Waals surface area contributed by atoms with Crippen molar-refractivity contribution in [1.82, 2.24) is 24.7 Å². The van der Waals surface area contributed by atoms with E-state index in [2.05, 4.69) is 20.2 Å². The van der Waals surface area contributed by atoms with Crippen LogP contribution in [0.25, 0.3) is 27.8 Å². The van der Waals surface area contributed by atoms with E-state index in [1.54, 1.807) is 29.8 Å². The predicted molar refractivity (Wildman–Crippen MR) is 83.3 cm³/mol. The summed E-state index contributed by atoms with van der Waals surface area (Å²) >= 11 is 6.22. The van der Waals surface area contributed by atoms with Crippen molar-refractivity contribution in [1.29, 1.82) is 0 Å². The van der Waals surface area contributed by atoms with E-state index in [0.717, 1.165) is 11.5 Å². The van der Waals surface area contributed by atoms with Gasteiger partial charge in [0, 0.05) is 5.39 Å². The molecule has 5 nitrogen and oxygen atoms in total. The van der Waals surface area contributed by atoms with Gasteiger partial charge in [-0.15, -0.1) is 0 Å². The molecule has 0 saturated carbocycles. The van der Waals surface area contributed by atoms with Gasteiger partial charge in [0.2, 0.25) is 0 Å². The molecule has 0 spiro atoms. The van der Waals surface area contributed by atoms with Crippen LogP contribution in [-0.2, 0) is 6.18 Å². The van der Waals surface area contributed by atoms with Gasteiger partial charge in [-0.1, -0.05) is 11.6 Å². The van der Waals surface area contributed by atoms with Gasteiger partial charge in [-0.2, -0.15) is 18.3 Å². The monoisotopic (exact) mass is 351 g/mol. The lowest BCUT2D eigenvalue weighted by Crippen LogP contribution is -2.08. The van der Waals surface area contributed by atoms with Crippen LogP contribution < -0.4 is 0 Å². The van der Waals surface area contributed by atoms with Crippen molar-refractivity contribution in [2.24, 2.45) is 0 Å². The highest BCUT2D eigenvalue weighted by atomic mass is 35.5. The molecule has 24 heavy (non-hydrogen) atoms. The Morgan fingerprint density at radius 3 is 2.71 bits per heavy atom. The smallest absolute Gasteiger partial charge is 0.281 e. The van der Waals surface area contributed by atoms with Gasteiger partial charge < -0.3 is 0 Å². The summed E-state index contributed by atoms with van der Waals surface area (Å²) < 4.78 is 40.4.